The summed E-state index contributed by atoms with van der Waals surface area (Å²) in [7, 11) is 0. The lowest BCUT2D eigenvalue weighted by Gasteiger charge is -2.00. The Kier molecular flexibility index (Phi) is 2.97. The second-order valence-electron chi connectivity index (χ2n) is 4.36. The van der Waals surface area contributed by atoms with Gasteiger partial charge >= 0.3 is 0 Å². The normalized spacial score (nSPS) is 12.7. The zero-order valence-corrected chi connectivity index (χ0v) is 10.6. The van der Waals surface area contributed by atoms with Crippen LogP contribution < -0.4 is 5.73 Å². The van der Waals surface area contributed by atoms with E-state index in [0.29, 0.717) is 17.4 Å². The molecule has 0 radical (unpaired) electrons. The van der Waals surface area contributed by atoms with Crippen LogP contribution in [0.3, 0.4) is 0 Å². The van der Waals surface area contributed by atoms with Gasteiger partial charge < -0.3 is 10.3 Å². The van der Waals surface area contributed by atoms with Gasteiger partial charge in [-0.25, -0.2) is 4.98 Å². The summed E-state index contributed by atoms with van der Waals surface area (Å²) in [6, 6.07) is 11.6. The fourth-order valence-electron chi connectivity index (χ4n) is 1.86. The molecule has 5 heteroatoms. The first-order chi connectivity index (χ1) is 9.28. The molecule has 0 bridgehead atoms. The SMILES string of the molecule is CCC(N)c1noc(-c2ccc3ccccc3n2)n1. The second-order valence-corrected chi connectivity index (χ2v) is 4.36. The largest absolute Gasteiger partial charge is 0.332 e. The predicted molar refractivity (Wildman–Crippen MR) is 72.3 cm³/mol. The predicted octanol–water partition coefficient (Wildman–Crippen LogP) is 2.69. The molecule has 3 rings (SSSR count). The number of fused-ring (bicyclic) bond motifs is 1. The maximum atomic E-state index is 5.87. The molecular formula is C14H14N4O. The van der Waals surface area contributed by atoms with Crippen molar-refractivity contribution in [2.24, 2.45) is 5.73 Å². The van der Waals surface area contributed by atoms with Crippen molar-refractivity contribution < 1.29 is 4.52 Å². The minimum absolute atomic E-state index is 0.196. The summed E-state index contributed by atoms with van der Waals surface area (Å²) in [6.07, 6.45) is 0.768. The van der Waals surface area contributed by atoms with Crippen molar-refractivity contribution in [3.8, 4) is 11.6 Å². The molecule has 0 aliphatic carbocycles. The molecule has 3 aromatic rings. The van der Waals surface area contributed by atoms with Crippen molar-refractivity contribution in [1.29, 1.82) is 0 Å². The molecule has 0 saturated heterocycles. The van der Waals surface area contributed by atoms with Gasteiger partial charge in [0, 0.05) is 5.39 Å². The lowest BCUT2D eigenvalue weighted by molar-refractivity contribution is 0.414. The summed E-state index contributed by atoms with van der Waals surface area (Å²) in [5.74, 6) is 0.928. The Balaban J connectivity index is 2.01. The van der Waals surface area contributed by atoms with Crippen molar-refractivity contribution in [2.75, 3.05) is 0 Å². The summed E-state index contributed by atoms with van der Waals surface area (Å²) < 4.78 is 5.22. The molecule has 0 aliphatic rings. The Bertz CT molecular complexity index is 707. The van der Waals surface area contributed by atoms with Crippen LogP contribution in [0.25, 0.3) is 22.5 Å². The summed E-state index contributed by atoms with van der Waals surface area (Å²) in [5.41, 5.74) is 7.44. The summed E-state index contributed by atoms with van der Waals surface area (Å²) in [6.45, 7) is 1.98. The van der Waals surface area contributed by atoms with E-state index in [1.807, 2.05) is 43.3 Å². The van der Waals surface area contributed by atoms with Gasteiger partial charge in [0.25, 0.3) is 5.89 Å². The number of hydrogen-bond donors (Lipinski definition) is 1. The first kappa shape index (κ1) is 11.8. The third kappa shape index (κ3) is 2.20. The topological polar surface area (TPSA) is 77.8 Å². The monoisotopic (exact) mass is 254 g/mol. The summed E-state index contributed by atoms with van der Waals surface area (Å²) in [4.78, 5) is 8.80. The molecule has 19 heavy (non-hydrogen) atoms. The van der Waals surface area contributed by atoms with E-state index < -0.39 is 0 Å². The second kappa shape index (κ2) is 4.78. The van der Waals surface area contributed by atoms with Crippen LogP contribution in [0.5, 0.6) is 0 Å². The average Bonchev–Trinajstić information content (AvgIpc) is 2.95. The molecule has 96 valence electrons. The van der Waals surface area contributed by atoms with Crippen molar-refractivity contribution in [1.82, 2.24) is 15.1 Å². The Labute approximate surface area is 110 Å². The zero-order valence-electron chi connectivity index (χ0n) is 10.6. The van der Waals surface area contributed by atoms with Gasteiger partial charge in [0.1, 0.15) is 5.69 Å². The summed E-state index contributed by atoms with van der Waals surface area (Å²) in [5, 5.41) is 4.97. The van der Waals surface area contributed by atoms with Crippen LogP contribution in [0, 0.1) is 0 Å². The maximum Gasteiger partial charge on any atom is 0.276 e. The molecule has 0 aliphatic heterocycles. The van der Waals surface area contributed by atoms with Crippen LogP contribution in [0.4, 0.5) is 0 Å². The zero-order chi connectivity index (χ0) is 13.2. The quantitative estimate of drug-likeness (QED) is 0.777. The van der Waals surface area contributed by atoms with Gasteiger partial charge in [0.2, 0.25) is 0 Å². The fraction of sp³-hybridized carbons (Fsp3) is 0.214. The van der Waals surface area contributed by atoms with Gasteiger partial charge in [0.15, 0.2) is 5.82 Å². The molecule has 0 amide bonds. The molecule has 5 nitrogen and oxygen atoms in total. The number of aromatic nitrogens is 3. The minimum atomic E-state index is -0.196. The number of benzene rings is 1. The van der Waals surface area contributed by atoms with E-state index in [9.17, 15) is 0 Å². The standard InChI is InChI=1S/C14H14N4O/c1-2-10(15)13-17-14(19-18-13)12-8-7-9-5-3-4-6-11(9)16-12/h3-8,10H,2,15H2,1H3. The van der Waals surface area contributed by atoms with Crippen molar-refractivity contribution in [3.05, 3.63) is 42.2 Å². The van der Waals surface area contributed by atoms with E-state index in [2.05, 4.69) is 15.1 Å². The molecule has 2 N–H and O–H groups in total. The van der Waals surface area contributed by atoms with Crippen LogP contribution in [0.2, 0.25) is 0 Å². The molecule has 2 aromatic heterocycles. The molecular weight excluding hydrogens is 240 g/mol. The number of rotatable bonds is 3. The molecule has 0 spiro atoms. The highest BCUT2D eigenvalue weighted by atomic mass is 16.5. The maximum absolute atomic E-state index is 5.87. The Morgan fingerprint density at radius 2 is 2.00 bits per heavy atom. The van der Waals surface area contributed by atoms with Crippen LogP contribution in [-0.4, -0.2) is 15.1 Å². The van der Waals surface area contributed by atoms with E-state index in [4.69, 9.17) is 10.3 Å². The van der Waals surface area contributed by atoms with E-state index in [-0.39, 0.29) is 6.04 Å². The van der Waals surface area contributed by atoms with Crippen molar-refractivity contribution in [2.45, 2.75) is 19.4 Å². The van der Waals surface area contributed by atoms with E-state index in [0.717, 1.165) is 17.3 Å². The van der Waals surface area contributed by atoms with Crippen LogP contribution >= 0.6 is 0 Å². The number of nitrogens with zero attached hydrogens (tertiary/aromatic N) is 3. The highest BCUT2D eigenvalue weighted by Gasteiger charge is 2.14. The highest BCUT2D eigenvalue weighted by Crippen LogP contribution is 2.20. The fourth-order valence-corrected chi connectivity index (χ4v) is 1.86. The molecule has 1 aromatic carbocycles. The first-order valence-corrected chi connectivity index (χ1v) is 6.23. The van der Waals surface area contributed by atoms with Crippen LogP contribution in [0.1, 0.15) is 25.2 Å². The smallest absolute Gasteiger partial charge is 0.276 e. The van der Waals surface area contributed by atoms with E-state index >= 15 is 0 Å². The van der Waals surface area contributed by atoms with Gasteiger partial charge in [-0.2, -0.15) is 4.98 Å². The van der Waals surface area contributed by atoms with Crippen molar-refractivity contribution in [3.63, 3.8) is 0 Å². The molecule has 1 atom stereocenters. The lowest BCUT2D eigenvalue weighted by atomic mass is 10.2. The van der Waals surface area contributed by atoms with E-state index in [1.165, 1.54) is 0 Å². The Morgan fingerprint density at radius 1 is 1.16 bits per heavy atom. The number of para-hydroxylation sites is 1. The third-order valence-corrected chi connectivity index (χ3v) is 3.03. The third-order valence-electron chi connectivity index (χ3n) is 3.03. The first-order valence-electron chi connectivity index (χ1n) is 6.23. The Hall–Kier alpha value is -2.27. The van der Waals surface area contributed by atoms with Gasteiger partial charge in [-0.05, 0) is 18.6 Å². The lowest BCUT2D eigenvalue weighted by Crippen LogP contribution is -2.10. The van der Waals surface area contributed by atoms with Crippen molar-refractivity contribution >= 4 is 10.9 Å². The summed E-state index contributed by atoms with van der Waals surface area (Å²) >= 11 is 0. The number of pyridine rings is 1. The number of nitrogens with two attached hydrogens (primary N) is 1. The van der Waals surface area contributed by atoms with Gasteiger partial charge in [-0.3, -0.25) is 0 Å². The average molecular weight is 254 g/mol. The molecule has 0 fully saturated rings. The van der Waals surface area contributed by atoms with Gasteiger partial charge in [-0.1, -0.05) is 36.3 Å². The highest BCUT2D eigenvalue weighted by molar-refractivity contribution is 5.80. The van der Waals surface area contributed by atoms with Crippen LogP contribution in [0.15, 0.2) is 40.9 Å². The molecule has 2 heterocycles. The van der Waals surface area contributed by atoms with E-state index in [1.54, 1.807) is 0 Å². The molecule has 0 saturated carbocycles. The van der Waals surface area contributed by atoms with Gasteiger partial charge in [-0.15, -0.1) is 0 Å². The van der Waals surface area contributed by atoms with Gasteiger partial charge in [0.05, 0.1) is 11.6 Å². The number of hydrogen-bond acceptors (Lipinski definition) is 5. The van der Waals surface area contributed by atoms with Crippen LogP contribution in [-0.2, 0) is 0 Å². The molecule has 1 unspecified atom stereocenters. The minimum Gasteiger partial charge on any atom is -0.332 e. The Morgan fingerprint density at radius 3 is 2.84 bits per heavy atom.